The summed E-state index contributed by atoms with van der Waals surface area (Å²) in [6, 6.07) is 9.74. The molecule has 0 aliphatic carbocycles. The second-order valence-electron chi connectivity index (χ2n) is 6.26. The Morgan fingerprint density at radius 2 is 2.37 bits per heavy atom. The van der Waals surface area contributed by atoms with E-state index in [-0.39, 0.29) is 12.0 Å². The highest BCUT2D eigenvalue weighted by Gasteiger charge is 2.25. The lowest BCUT2D eigenvalue weighted by Gasteiger charge is -2.21. The van der Waals surface area contributed by atoms with Gasteiger partial charge in [-0.15, -0.1) is 11.3 Å². The van der Waals surface area contributed by atoms with Gasteiger partial charge in [-0.3, -0.25) is 9.69 Å². The number of thiazole rings is 1. The van der Waals surface area contributed by atoms with E-state index in [4.69, 9.17) is 9.47 Å². The molecule has 4 rings (SSSR count). The molecule has 7 heteroatoms. The number of hydrogen-bond donors (Lipinski definition) is 0. The number of thiophene rings is 1. The molecule has 3 heterocycles. The van der Waals surface area contributed by atoms with Crippen LogP contribution in [-0.2, 0) is 9.53 Å². The number of carbonyl (C=O) groups excluding carboxylic acids is 1. The molecule has 1 aliphatic rings. The minimum atomic E-state index is -0.0788. The number of methoxy groups -OCH3 is 1. The summed E-state index contributed by atoms with van der Waals surface area (Å²) < 4.78 is 12.1. The van der Waals surface area contributed by atoms with Crippen LogP contribution >= 0.6 is 22.7 Å². The maximum absolute atomic E-state index is 13.0. The van der Waals surface area contributed by atoms with Crippen LogP contribution in [0.5, 0.6) is 5.75 Å². The van der Waals surface area contributed by atoms with Crippen LogP contribution in [0.15, 0.2) is 41.8 Å². The summed E-state index contributed by atoms with van der Waals surface area (Å²) in [5.41, 5.74) is 0.835. The molecule has 27 heavy (non-hydrogen) atoms. The molecular formula is C20H20N2O3S2. The number of rotatable bonds is 6. The first kappa shape index (κ1) is 18.2. The summed E-state index contributed by atoms with van der Waals surface area (Å²) in [5, 5.41) is 2.68. The number of hydrogen-bond acceptors (Lipinski definition) is 6. The fraction of sp³-hybridized carbons (Fsp3) is 0.300. The van der Waals surface area contributed by atoms with Gasteiger partial charge in [-0.2, -0.15) is 0 Å². The summed E-state index contributed by atoms with van der Waals surface area (Å²) >= 11 is 3.12. The molecule has 3 aromatic rings. The summed E-state index contributed by atoms with van der Waals surface area (Å²) in [7, 11) is 1.64. The van der Waals surface area contributed by atoms with E-state index in [1.807, 2.05) is 41.8 Å². The van der Waals surface area contributed by atoms with Crippen molar-refractivity contribution in [1.82, 2.24) is 4.98 Å². The minimum absolute atomic E-state index is 0.0608. The molecule has 1 saturated heterocycles. The number of carbonyl (C=O) groups is 1. The minimum Gasteiger partial charge on any atom is -0.497 e. The molecule has 5 nitrogen and oxygen atoms in total. The van der Waals surface area contributed by atoms with E-state index >= 15 is 0 Å². The molecule has 1 amide bonds. The highest BCUT2D eigenvalue weighted by molar-refractivity contribution is 7.22. The molecule has 1 aliphatic heterocycles. The van der Waals surface area contributed by atoms with Crippen molar-refractivity contribution in [1.29, 1.82) is 0 Å². The van der Waals surface area contributed by atoms with Crippen molar-refractivity contribution >= 4 is 50.0 Å². The van der Waals surface area contributed by atoms with Gasteiger partial charge in [0.25, 0.3) is 5.91 Å². The highest BCUT2D eigenvalue weighted by Crippen LogP contribution is 2.32. The average molecular weight is 401 g/mol. The Bertz CT molecular complexity index is 943. The predicted octanol–water partition coefficient (Wildman–Crippen LogP) is 4.59. The van der Waals surface area contributed by atoms with Crippen LogP contribution in [-0.4, -0.2) is 37.3 Å². The van der Waals surface area contributed by atoms with Crippen molar-refractivity contribution in [2.75, 3.05) is 25.2 Å². The molecule has 0 saturated carbocycles. The van der Waals surface area contributed by atoms with Gasteiger partial charge >= 0.3 is 0 Å². The normalized spacial score (nSPS) is 17.0. The van der Waals surface area contributed by atoms with Gasteiger partial charge in [0, 0.05) is 23.6 Å². The monoisotopic (exact) mass is 400 g/mol. The first-order chi connectivity index (χ1) is 13.2. The first-order valence-electron chi connectivity index (χ1n) is 8.82. The Morgan fingerprint density at radius 1 is 1.44 bits per heavy atom. The van der Waals surface area contributed by atoms with E-state index in [0.29, 0.717) is 11.7 Å². The van der Waals surface area contributed by atoms with Crippen molar-refractivity contribution < 1.29 is 14.3 Å². The number of benzene rings is 1. The number of aromatic nitrogens is 1. The molecular weight excluding hydrogens is 380 g/mol. The highest BCUT2D eigenvalue weighted by atomic mass is 32.1. The van der Waals surface area contributed by atoms with Crippen molar-refractivity contribution in [2.24, 2.45) is 0 Å². The summed E-state index contributed by atoms with van der Waals surface area (Å²) in [6.07, 6.45) is 5.54. The molecule has 1 fully saturated rings. The molecule has 0 N–H and O–H groups in total. The quantitative estimate of drug-likeness (QED) is 0.568. The van der Waals surface area contributed by atoms with Crippen LogP contribution in [0.3, 0.4) is 0 Å². The molecule has 1 aromatic carbocycles. The lowest BCUT2D eigenvalue weighted by Crippen LogP contribution is -2.36. The molecule has 1 atom stereocenters. The van der Waals surface area contributed by atoms with E-state index in [9.17, 15) is 4.79 Å². The van der Waals surface area contributed by atoms with Crippen LogP contribution in [0.1, 0.15) is 17.7 Å². The van der Waals surface area contributed by atoms with Crippen LogP contribution in [0.25, 0.3) is 16.3 Å². The SMILES string of the molecule is COc1ccc2sc(N(CC3CCCO3)C(=O)/C=C/c3cccs3)nc2c1. The molecule has 140 valence electrons. The Labute approximate surface area is 165 Å². The Morgan fingerprint density at radius 3 is 3.11 bits per heavy atom. The molecule has 0 spiro atoms. The number of nitrogens with zero attached hydrogens (tertiary/aromatic N) is 2. The Hall–Kier alpha value is -2.22. The third-order valence-electron chi connectivity index (χ3n) is 4.42. The van der Waals surface area contributed by atoms with Crippen LogP contribution in [0.4, 0.5) is 5.13 Å². The fourth-order valence-electron chi connectivity index (χ4n) is 3.02. The van der Waals surface area contributed by atoms with Gasteiger partial charge in [-0.05, 0) is 42.5 Å². The lowest BCUT2D eigenvalue weighted by molar-refractivity contribution is -0.114. The third kappa shape index (κ3) is 4.21. The van der Waals surface area contributed by atoms with Gasteiger partial charge in [0.15, 0.2) is 5.13 Å². The Kier molecular flexibility index (Phi) is 5.52. The maximum Gasteiger partial charge on any atom is 0.252 e. The number of fused-ring (bicyclic) bond motifs is 1. The largest absolute Gasteiger partial charge is 0.497 e. The topological polar surface area (TPSA) is 51.7 Å². The van der Waals surface area contributed by atoms with E-state index in [1.54, 1.807) is 29.4 Å². The van der Waals surface area contributed by atoms with E-state index in [1.165, 1.54) is 11.3 Å². The summed E-state index contributed by atoms with van der Waals surface area (Å²) in [6.45, 7) is 1.28. The van der Waals surface area contributed by atoms with Gasteiger partial charge in [-0.25, -0.2) is 4.98 Å². The van der Waals surface area contributed by atoms with Crippen molar-refractivity contribution in [2.45, 2.75) is 18.9 Å². The van der Waals surface area contributed by atoms with E-state index < -0.39 is 0 Å². The number of ether oxygens (including phenoxy) is 2. The van der Waals surface area contributed by atoms with Crippen LogP contribution < -0.4 is 9.64 Å². The average Bonchev–Trinajstić information content (AvgIpc) is 3.45. The Balaban J connectivity index is 1.63. The fourth-order valence-corrected chi connectivity index (χ4v) is 4.60. The summed E-state index contributed by atoms with van der Waals surface area (Å²) in [4.78, 5) is 20.4. The number of anilines is 1. The van der Waals surface area contributed by atoms with Crippen molar-refractivity contribution in [3.8, 4) is 5.75 Å². The van der Waals surface area contributed by atoms with Gasteiger partial charge in [0.05, 0.1) is 30.0 Å². The number of amides is 1. The third-order valence-corrected chi connectivity index (χ3v) is 6.32. The zero-order chi connectivity index (χ0) is 18.6. The van der Waals surface area contributed by atoms with Crippen LogP contribution in [0.2, 0.25) is 0 Å². The van der Waals surface area contributed by atoms with Crippen LogP contribution in [0, 0.1) is 0 Å². The predicted molar refractivity (Wildman–Crippen MR) is 111 cm³/mol. The standard InChI is InChI=1S/C20H20N2O3S2/c1-24-14-6-8-18-17(12-14)21-20(27-18)22(13-15-4-2-10-25-15)19(23)9-7-16-5-3-11-26-16/h3,5-9,11-12,15H,2,4,10,13H2,1H3/b9-7+. The zero-order valence-electron chi connectivity index (χ0n) is 15.0. The second-order valence-corrected chi connectivity index (χ2v) is 8.25. The zero-order valence-corrected chi connectivity index (χ0v) is 16.6. The van der Waals surface area contributed by atoms with Gasteiger partial charge in [0.2, 0.25) is 0 Å². The molecule has 1 unspecified atom stereocenters. The van der Waals surface area contributed by atoms with Gasteiger partial charge < -0.3 is 9.47 Å². The van der Waals surface area contributed by atoms with Crippen molar-refractivity contribution in [3.63, 3.8) is 0 Å². The van der Waals surface area contributed by atoms with Gasteiger partial charge in [0.1, 0.15) is 5.75 Å². The van der Waals surface area contributed by atoms with E-state index in [2.05, 4.69) is 4.98 Å². The van der Waals surface area contributed by atoms with Crippen molar-refractivity contribution in [3.05, 3.63) is 46.7 Å². The lowest BCUT2D eigenvalue weighted by atomic mass is 10.2. The molecule has 2 aromatic heterocycles. The molecule has 0 radical (unpaired) electrons. The van der Waals surface area contributed by atoms with Gasteiger partial charge in [-0.1, -0.05) is 17.4 Å². The smallest absolute Gasteiger partial charge is 0.252 e. The second kappa shape index (κ2) is 8.21. The summed E-state index contributed by atoms with van der Waals surface area (Å²) in [5.74, 6) is 0.680. The maximum atomic E-state index is 13.0. The molecule has 0 bridgehead atoms. The van der Waals surface area contributed by atoms with E-state index in [0.717, 1.165) is 40.3 Å². The first-order valence-corrected chi connectivity index (χ1v) is 10.5.